The minimum Gasteiger partial charge on any atom is -0.339 e. The average Bonchev–Trinajstić information content (AvgIpc) is 3.15. The van der Waals surface area contributed by atoms with Crippen molar-refractivity contribution in [2.45, 2.75) is 32.4 Å². The summed E-state index contributed by atoms with van der Waals surface area (Å²) in [5.74, 6) is 0.452. The molecule has 1 aromatic heterocycles. The van der Waals surface area contributed by atoms with Crippen molar-refractivity contribution in [1.29, 1.82) is 0 Å². The summed E-state index contributed by atoms with van der Waals surface area (Å²) in [5, 5.41) is 1.42. The Kier molecular flexibility index (Phi) is 3.54. The molecule has 132 valence electrons. The summed E-state index contributed by atoms with van der Waals surface area (Å²) in [6, 6.07) is 13.5. The van der Waals surface area contributed by atoms with Crippen molar-refractivity contribution in [2.75, 3.05) is 13.1 Å². The lowest BCUT2D eigenvalue weighted by atomic mass is 9.93. The maximum absolute atomic E-state index is 13.3. The Morgan fingerprint density at radius 2 is 2.00 bits per heavy atom. The van der Waals surface area contributed by atoms with Gasteiger partial charge in [-0.05, 0) is 60.9 Å². The molecular weight excluding hydrogens is 323 g/mol. The Bertz CT molecular complexity index is 1010. The number of allylic oxidation sites excluding steroid dienone is 1. The van der Waals surface area contributed by atoms with Gasteiger partial charge in [0.2, 0.25) is 0 Å². The van der Waals surface area contributed by atoms with Gasteiger partial charge in [-0.3, -0.25) is 4.90 Å². The molecule has 2 atom stereocenters. The summed E-state index contributed by atoms with van der Waals surface area (Å²) in [6.07, 6.45) is 1.26. The van der Waals surface area contributed by atoms with Crippen molar-refractivity contribution in [3.8, 4) is 0 Å². The number of hydrogen-bond acceptors (Lipinski definition) is 1. The van der Waals surface area contributed by atoms with E-state index in [-0.39, 0.29) is 5.82 Å². The maximum atomic E-state index is 13.3. The summed E-state index contributed by atoms with van der Waals surface area (Å²) in [7, 11) is 0. The minimum absolute atomic E-state index is 0.204. The van der Waals surface area contributed by atoms with E-state index in [1.54, 1.807) is 5.56 Å². The van der Waals surface area contributed by atoms with Gasteiger partial charge in [0, 0.05) is 42.1 Å². The Labute approximate surface area is 153 Å². The van der Waals surface area contributed by atoms with Gasteiger partial charge < -0.3 is 4.57 Å². The zero-order valence-electron chi connectivity index (χ0n) is 15.1. The molecule has 3 aromatic rings. The Hall–Kier alpha value is -2.39. The number of halogens is 1. The topological polar surface area (TPSA) is 8.17 Å². The highest BCUT2D eigenvalue weighted by Gasteiger charge is 2.35. The van der Waals surface area contributed by atoms with E-state index in [1.165, 1.54) is 53.8 Å². The molecule has 26 heavy (non-hydrogen) atoms. The maximum Gasteiger partial charge on any atom is 0.123 e. The third-order valence-electron chi connectivity index (χ3n) is 6.03. The van der Waals surface area contributed by atoms with Gasteiger partial charge in [0.25, 0.3) is 0 Å². The lowest BCUT2D eigenvalue weighted by Gasteiger charge is -2.25. The number of aromatic nitrogens is 1. The first kappa shape index (κ1) is 15.8. The second kappa shape index (κ2) is 5.82. The van der Waals surface area contributed by atoms with Crippen molar-refractivity contribution in [1.82, 2.24) is 9.47 Å². The molecule has 0 N–H and O–H groups in total. The van der Waals surface area contributed by atoms with Crippen molar-refractivity contribution in [3.05, 3.63) is 77.2 Å². The van der Waals surface area contributed by atoms with Gasteiger partial charge in [0.05, 0.1) is 0 Å². The van der Waals surface area contributed by atoms with E-state index in [9.17, 15) is 4.39 Å². The highest BCUT2D eigenvalue weighted by atomic mass is 19.1. The van der Waals surface area contributed by atoms with Crippen LogP contribution in [0.1, 0.15) is 34.7 Å². The number of hydrogen-bond donors (Lipinski definition) is 0. The number of aryl methyl sites for hydroxylation is 1. The largest absolute Gasteiger partial charge is 0.339 e. The normalized spacial score (nSPS) is 21.2. The van der Waals surface area contributed by atoms with E-state index in [0.717, 1.165) is 24.2 Å². The second-order valence-corrected chi connectivity index (χ2v) is 7.80. The highest BCUT2D eigenvalue weighted by molar-refractivity contribution is 5.88. The van der Waals surface area contributed by atoms with Crippen molar-refractivity contribution < 1.29 is 4.39 Å². The standard InChI is InChI=1S/C23H23FN2/c1-15-3-8-21-20(11-15)23-18-9-10-25(13-18)14-22(23)26(21)12-16(2)17-4-6-19(24)7-5-17/h3-8,11,18H,2,9-10,12-14H2,1H3. The van der Waals surface area contributed by atoms with Crippen LogP contribution < -0.4 is 0 Å². The van der Waals surface area contributed by atoms with Gasteiger partial charge >= 0.3 is 0 Å². The van der Waals surface area contributed by atoms with Crippen LogP contribution in [0.4, 0.5) is 4.39 Å². The van der Waals surface area contributed by atoms with Crippen LogP contribution in [0.2, 0.25) is 0 Å². The molecule has 5 rings (SSSR count). The third kappa shape index (κ3) is 2.42. The van der Waals surface area contributed by atoms with E-state index in [4.69, 9.17) is 0 Å². The molecule has 0 aliphatic carbocycles. The van der Waals surface area contributed by atoms with Crippen LogP contribution in [0, 0.1) is 12.7 Å². The Morgan fingerprint density at radius 1 is 1.19 bits per heavy atom. The fraction of sp³-hybridized carbons (Fsp3) is 0.304. The number of nitrogens with zero attached hydrogens (tertiary/aromatic N) is 2. The molecule has 0 spiro atoms. The SMILES string of the molecule is C=C(Cn1c2c(c3cc(C)ccc31)C1CCN(C2)C1)c1ccc(F)cc1. The van der Waals surface area contributed by atoms with E-state index in [2.05, 4.69) is 41.2 Å². The Balaban J connectivity index is 1.62. The lowest BCUT2D eigenvalue weighted by Crippen LogP contribution is -2.26. The molecule has 2 aliphatic heterocycles. The molecule has 1 fully saturated rings. The van der Waals surface area contributed by atoms with Crippen molar-refractivity contribution in [3.63, 3.8) is 0 Å². The first-order valence-corrected chi connectivity index (χ1v) is 9.38. The molecule has 2 nitrogen and oxygen atoms in total. The van der Waals surface area contributed by atoms with Crippen LogP contribution in [-0.4, -0.2) is 22.6 Å². The van der Waals surface area contributed by atoms with Crippen LogP contribution in [-0.2, 0) is 13.1 Å². The number of fused-ring (bicyclic) bond motifs is 6. The van der Waals surface area contributed by atoms with Gasteiger partial charge in [-0.15, -0.1) is 0 Å². The number of benzene rings is 2. The van der Waals surface area contributed by atoms with E-state index in [0.29, 0.717) is 5.92 Å². The molecular formula is C23H23FN2. The molecule has 3 heteroatoms. The quantitative estimate of drug-likeness (QED) is 0.640. The summed E-state index contributed by atoms with van der Waals surface area (Å²) in [6.45, 7) is 10.6. The summed E-state index contributed by atoms with van der Waals surface area (Å²) >= 11 is 0. The fourth-order valence-corrected chi connectivity index (χ4v) is 4.75. The molecule has 2 aromatic carbocycles. The van der Waals surface area contributed by atoms with Crippen molar-refractivity contribution >= 4 is 16.5 Å². The van der Waals surface area contributed by atoms with Gasteiger partial charge in [-0.1, -0.05) is 30.3 Å². The summed E-state index contributed by atoms with van der Waals surface area (Å²) in [4.78, 5) is 2.57. The molecule has 0 saturated carbocycles. The lowest BCUT2D eigenvalue weighted by molar-refractivity contribution is 0.305. The van der Waals surface area contributed by atoms with E-state index in [1.807, 2.05) is 12.1 Å². The highest BCUT2D eigenvalue weighted by Crippen LogP contribution is 2.42. The van der Waals surface area contributed by atoms with Crippen LogP contribution in [0.15, 0.2) is 49.0 Å². The molecule has 2 unspecified atom stereocenters. The van der Waals surface area contributed by atoms with E-state index >= 15 is 0 Å². The zero-order valence-corrected chi connectivity index (χ0v) is 15.1. The Morgan fingerprint density at radius 3 is 2.81 bits per heavy atom. The van der Waals surface area contributed by atoms with Gasteiger partial charge in [0.15, 0.2) is 0 Å². The predicted molar refractivity (Wildman–Crippen MR) is 105 cm³/mol. The molecule has 2 bridgehead atoms. The monoisotopic (exact) mass is 346 g/mol. The molecule has 2 aliphatic rings. The van der Waals surface area contributed by atoms with Gasteiger partial charge in [0.1, 0.15) is 5.82 Å². The molecule has 1 saturated heterocycles. The average molecular weight is 346 g/mol. The summed E-state index contributed by atoms with van der Waals surface area (Å²) < 4.78 is 15.7. The van der Waals surface area contributed by atoms with Crippen LogP contribution in [0.5, 0.6) is 0 Å². The van der Waals surface area contributed by atoms with Crippen LogP contribution in [0.3, 0.4) is 0 Å². The minimum atomic E-state index is -0.204. The molecule has 0 amide bonds. The van der Waals surface area contributed by atoms with Crippen molar-refractivity contribution in [2.24, 2.45) is 0 Å². The van der Waals surface area contributed by atoms with E-state index < -0.39 is 0 Å². The van der Waals surface area contributed by atoms with Crippen LogP contribution in [0.25, 0.3) is 16.5 Å². The third-order valence-corrected chi connectivity index (χ3v) is 6.03. The first-order chi connectivity index (χ1) is 12.6. The number of rotatable bonds is 3. The smallest absolute Gasteiger partial charge is 0.123 e. The van der Waals surface area contributed by atoms with Crippen LogP contribution >= 0.6 is 0 Å². The fourth-order valence-electron chi connectivity index (χ4n) is 4.75. The molecule has 3 heterocycles. The first-order valence-electron chi connectivity index (χ1n) is 9.38. The summed E-state index contributed by atoms with van der Waals surface area (Å²) in [5.41, 5.74) is 7.66. The van der Waals surface area contributed by atoms with Gasteiger partial charge in [-0.25, -0.2) is 4.39 Å². The second-order valence-electron chi connectivity index (χ2n) is 7.80. The molecule has 0 radical (unpaired) electrons. The predicted octanol–water partition coefficient (Wildman–Crippen LogP) is 5.11. The van der Waals surface area contributed by atoms with Gasteiger partial charge in [-0.2, -0.15) is 0 Å². The zero-order chi connectivity index (χ0) is 17.8.